The lowest BCUT2D eigenvalue weighted by molar-refractivity contribution is 0.298. The third-order valence-corrected chi connectivity index (χ3v) is 5.25. The molecule has 0 aliphatic rings. The van der Waals surface area contributed by atoms with Crippen LogP contribution in [0.3, 0.4) is 0 Å². The third-order valence-electron chi connectivity index (χ3n) is 4.06. The van der Waals surface area contributed by atoms with Crippen LogP contribution in [0.25, 0.3) is 12.2 Å². The maximum absolute atomic E-state index is 6.24. The molecular formula is C24H22OS. The van der Waals surface area contributed by atoms with E-state index in [-0.39, 0.29) is 0 Å². The van der Waals surface area contributed by atoms with Gasteiger partial charge in [-0.15, -0.1) is 11.8 Å². The standard InChI is InChI=1S/C24H22OS/c1-3-21-15-16-22(4-2)24(26-18-20-13-9-6-10-14-20)23(21)25-17-19-11-7-5-8-12-19/h3-16H,1-2,17-18H2. The molecule has 0 bridgehead atoms. The van der Waals surface area contributed by atoms with Crippen LogP contribution in [0.1, 0.15) is 22.3 Å². The zero-order chi connectivity index (χ0) is 18.2. The van der Waals surface area contributed by atoms with Gasteiger partial charge in [-0.25, -0.2) is 0 Å². The summed E-state index contributed by atoms with van der Waals surface area (Å²) in [5.74, 6) is 1.76. The van der Waals surface area contributed by atoms with E-state index in [0.29, 0.717) is 6.61 Å². The van der Waals surface area contributed by atoms with E-state index >= 15 is 0 Å². The van der Waals surface area contributed by atoms with Gasteiger partial charge in [-0.3, -0.25) is 0 Å². The van der Waals surface area contributed by atoms with E-state index in [1.165, 1.54) is 5.56 Å². The summed E-state index contributed by atoms with van der Waals surface area (Å²) in [7, 11) is 0. The first kappa shape index (κ1) is 18.1. The van der Waals surface area contributed by atoms with Gasteiger partial charge in [0.1, 0.15) is 12.4 Å². The molecule has 0 aliphatic carbocycles. The Balaban J connectivity index is 1.89. The van der Waals surface area contributed by atoms with Crippen LogP contribution in [0.4, 0.5) is 0 Å². The minimum atomic E-state index is 0.529. The third kappa shape index (κ3) is 4.47. The van der Waals surface area contributed by atoms with Crippen molar-refractivity contribution in [2.24, 2.45) is 0 Å². The van der Waals surface area contributed by atoms with E-state index in [1.54, 1.807) is 11.8 Å². The van der Waals surface area contributed by atoms with Crippen molar-refractivity contribution in [1.82, 2.24) is 0 Å². The largest absolute Gasteiger partial charge is 0.487 e. The fourth-order valence-electron chi connectivity index (χ4n) is 2.67. The number of ether oxygens (including phenoxy) is 1. The van der Waals surface area contributed by atoms with E-state index in [2.05, 4.69) is 55.6 Å². The van der Waals surface area contributed by atoms with Crippen LogP contribution in [-0.4, -0.2) is 0 Å². The Morgan fingerprint density at radius 2 is 1.31 bits per heavy atom. The molecule has 0 saturated carbocycles. The Bertz CT molecular complexity index is 795. The Labute approximate surface area is 160 Å². The van der Waals surface area contributed by atoms with E-state index in [0.717, 1.165) is 33.1 Å². The van der Waals surface area contributed by atoms with Crippen LogP contribution >= 0.6 is 11.8 Å². The van der Waals surface area contributed by atoms with Crippen LogP contribution in [-0.2, 0) is 12.4 Å². The zero-order valence-corrected chi connectivity index (χ0v) is 15.5. The van der Waals surface area contributed by atoms with Gasteiger partial charge in [0.2, 0.25) is 0 Å². The van der Waals surface area contributed by atoms with Gasteiger partial charge in [-0.05, 0) is 16.7 Å². The lowest BCUT2D eigenvalue weighted by atomic mass is 10.1. The summed E-state index contributed by atoms with van der Waals surface area (Å²) in [6, 6.07) is 24.8. The maximum atomic E-state index is 6.24. The summed E-state index contributed by atoms with van der Waals surface area (Å²) < 4.78 is 6.24. The molecule has 0 heterocycles. The van der Waals surface area contributed by atoms with Crippen molar-refractivity contribution in [2.75, 3.05) is 0 Å². The summed E-state index contributed by atoms with van der Waals surface area (Å²) in [6.07, 6.45) is 3.73. The van der Waals surface area contributed by atoms with E-state index < -0.39 is 0 Å². The second kappa shape index (κ2) is 9.12. The first-order valence-electron chi connectivity index (χ1n) is 8.57. The van der Waals surface area contributed by atoms with Crippen molar-refractivity contribution in [1.29, 1.82) is 0 Å². The Hall–Kier alpha value is -2.71. The Morgan fingerprint density at radius 1 is 0.731 bits per heavy atom. The molecule has 3 rings (SSSR count). The van der Waals surface area contributed by atoms with Gasteiger partial charge in [-0.2, -0.15) is 0 Å². The number of benzene rings is 3. The van der Waals surface area contributed by atoms with Gasteiger partial charge in [0, 0.05) is 11.3 Å². The minimum Gasteiger partial charge on any atom is -0.487 e. The number of thioether (sulfide) groups is 1. The monoisotopic (exact) mass is 358 g/mol. The smallest absolute Gasteiger partial charge is 0.141 e. The van der Waals surface area contributed by atoms with Crippen LogP contribution in [0.2, 0.25) is 0 Å². The summed E-state index contributed by atoms with van der Waals surface area (Å²) in [5.41, 5.74) is 4.51. The second-order valence-electron chi connectivity index (χ2n) is 5.86. The van der Waals surface area contributed by atoms with Crippen molar-refractivity contribution in [3.8, 4) is 5.75 Å². The Morgan fingerprint density at radius 3 is 1.92 bits per heavy atom. The van der Waals surface area contributed by atoms with Gasteiger partial charge in [0.25, 0.3) is 0 Å². The fourth-order valence-corrected chi connectivity index (χ4v) is 3.80. The van der Waals surface area contributed by atoms with E-state index in [9.17, 15) is 0 Å². The van der Waals surface area contributed by atoms with Crippen molar-refractivity contribution < 1.29 is 4.74 Å². The highest BCUT2D eigenvalue weighted by atomic mass is 32.2. The molecule has 0 aromatic heterocycles. The SMILES string of the molecule is C=Cc1ccc(C=C)c(SCc2ccccc2)c1OCc1ccccc1. The number of hydrogen-bond acceptors (Lipinski definition) is 2. The van der Waals surface area contributed by atoms with Gasteiger partial charge in [-0.1, -0.05) is 98.1 Å². The van der Waals surface area contributed by atoms with Gasteiger partial charge < -0.3 is 4.74 Å². The predicted molar refractivity (Wildman–Crippen MR) is 113 cm³/mol. The van der Waals surface area contributed by atoms with Gasteiger partial charge >= 0.3 is 0 Å². The molecule has 3 aromatic rings. The summed E-state index contributed by atoms with van der Waals surface area (Å²) >= 11 is 1.77. The molecule has 3 aromatic carbocycles. The molecule has 1 nitrogen and oxygen atoms in total. The first-order chi connectivity index (χ1) is 12.8. The molecule has 0 spiro atoms. The average molecular weight is 359 g/mol. The highest BCUT2D eigenvalue weighted by Gasteiger charge is 2.13. The summed E-state index contributed by atoms with van der Waals surface area (Å²) in [5, 5.41) is 0. The van der Waals surface area contributed by atoms with Crippen LogP contribution in [0.15, 0.2) is 90.8 Å². The first-order valence-corrected chi connectivity index (χ1v) is 9.55. The van der Waals surface area contributed by atoms with Crippen LogP contribution in [0.5, 0.6) is 5.75 Å². The molecule has 0 radical (unpaired) electrons. The van der Waals surface area contributed by atoms with Crippen molar-refractivity contribution in [3.63, 3.8) is 0 Å². The van der Waals surface area contributed by atoms with Crippen molar-refractivity contribution in [2.45, 2.75) is 17.3 Å². The molecule has 130 valence electrons. The molecule has 0 N–H and O–H groups in total. The average Bonchev–Trinajstić information content (AvgIpc) is 2.71. The molecule has 0 unspecified atom stereocenters. The van der Waals surface area contributed by atoms with Crippen molar-refractivity contribution in [3.05, 3.63) is 108 Å². The highest BCUT2D eigenvalue weighted by molar-refractivity contribution is 7.98. The summed E-state index contributed by atoms with van der Waals surface area (Å²) in [6.45, 7) is 8.44. The molecule has 26 heavy (non-hydrogen) atoms. The van der Waals surface area contributed by atoms with Crippen LogP contribution in [0, 0.1) is 0 Å². The number of rotatable bonds is 8. The minimum absolute atomic E-state index is 0.529. The molecular weight excluding hydrogens is 336 g/mol. The maximum Gasteiger partial charge on any atom is 0.141 e. The zero-order valence-electron chi connectivity index (χ0n) is 14.7. The Kier molecular flexibility index (Phi) is 6.34. The predicted octanol–water partition coefficient (Wildman–Crippen LogP) is 6.84. The van der Waals surface area contributed by atoms with Crippen LogP contribution < -0.4 is 4.74 Å². The topological polar surface area (TPSA) is 9.23 Å². The van der Waals surface area contributed by atoms with E-state index in [4.69, 9.17) is 4.74 Å². The molecule has 2 heteroatoms. The lowest BCUT2D eigenvalue weighted by Gasteiger charge is -2.17. The van der Waals surface area contributed by atoms with Crippen molar-refractivity contribution >= 4 is 23.9 Å². The van der Waals surface area contributed by atoms with Gasteiger partial charge in [0.05, 0.1) is 4.90 Å². The molecule has 0 amide bonds. The fraction of sp³-hybridized carbons (Fsp3) is 0.0833. The molecule has 0 aliphatic heterocycles. The molecule has 0 saturated heterocycles. The van der Waals surface area contributed by atoms with Gasteiger partial charge in [0.15, 0.2) is 0 Å². The summed E-state index contributed by atoms with van der Waals surface area (Å²) in [4.78, 5) is 1.11. The van der Waals surface area contributed by atoms with E-state index in [1.807, 2.05) is 42.5 Å². The quantitative estimate of drug-likeness (QED) is 0.407. The second-order valence-corrected chi connectivity index (χ2v) is 6.84. The molecule has 0 fully saturated rings. The highest BCUT2D eigenvalue weighted by Crippen LogP contribution is 2.39. The normalized spacial score (nSPS) is 10.3. The lowest BCUT2D eigenvalue weighted by Crippen LogP contribution is -2.00. The molecule has 0 atom stereocenters. The number of hydrogen-bond donors (Lipinski definition) is 0.